The predicted octanol–water partition coefficient (Wildman–Crippen LogP) is 1.64. The molecular formula is C14H18FN3O2. The van der Waals surface area contributed by atoms with Crippen molar-refractivity contribution >= 4 is 17.6 Å². The predicted molar refractivity (Wildman–Crippen MR) is 74.0 cm³/mol. The van der Waals surface area contributed by atoms with Gasteiger partial charge in [-0.05, 0) is 24.6 Å². The fourth-order valence-electron chi connectivity index (χ4n) is 2.17. The molecule has 1 aromatic rings. The minimum Gasteiger partial charge on any atom is -0.338 e. The molecule has 20 heavy (non-hydrogen) atoms. The number of hydrogen-bond donors (Lipinski definition) is 2. The normalized spacial score (nSPS) is 18.2. The van der Waals surface area contributed by atoms with Crippen molar-refractivity contribution in [1.82, 2.24) is 10.6 Å². The van der Waals surface area contributed by atoms with Crippen molar-refractivity contribution in [3.8, 4) is 0 Å². The molecule has 1 aromatic carbocycles. The lowest BCUT2D eigenvalue weighted by Crippen LogP contribution is -2.43. The van der Waals surface area contributed by atoms with Gasteiger partial charge in [0.15, 0.2) is 0 Å². The second-order valence-electron chi connectivity index (χ2n) is 4.79. The van der Waals surface area contributed by atoms with Gasteiger partial charge in [-0.3, -0.25) is 4.79 Å². The Morgan fingerprint density at radius 1 is 1.50 bits per heavy atom. The van der Waals surface area contributed by atoms with E-state index in [0.717, 1.165) is 6.42 Å². The van der Waals surface area contributed by atoms with Gasteiger partial charge in [0.1, 0.15) is 5.82 Å². The Morgan fingerprint density at radius 2 is 2.30 bits per heavy atom. The SMILES string of the molecule is CCCNC(=O)N[C@H]1CC(=O)N(c2cccc(F)c2)C1. The first kappa shape index (κ1) is 14.3. The number of nitrogens with zero attached hydrogens (tertiary/aromatic N) is 1. The number of halogens is 1. The number of anilines is 1. The average molecular weight is 279 g/mol. The van der Waals surface area contributed by atoms with Crippen molar-refractivity contribution in [3.05, 3.63) is 30.1 Å². The lowest BCUT2D eigenvalue weighted by Gasteiger charge is -2.17. The van der Waals surface area contributed by atoms with Gasteiger partial charge in [-0.25, -0.2) is 9.18 Å². The topological polar surface area (TPSA) is 61.4 Å². The van der Waals surface area contributed by atoms with E-state index in [-0.39, 0.29) is 30.2 Å². The quantitative estimate of drug-likeness (QED) is 0.880. The third-order valence-corrected chi connectivity index (χ3v) is 3.12. The second kappa shape index (κ2) is 6.36. The van der Waals surface area contributed by atoms with Crippen LogP contribution in [0.15, 0.2) is 24.3 Å². The summed E-state index contributed by atoms with van der Waals surface area (Å²) < 4.78 is 13.2. The summed E-state index contributed by atoms with van der Waals surface area (Å²) in [5.41, 5.74) is 0.522. The van der Waals surface area contributed by atoms with Crippen molar-refractivity contribution < 1.29 is 14.0 Å². The Balaban J connectivity index is 1.95. The molecule has 2 rings (SSSR count). The summed E-state index contributed by atoms with van der Waals surface area (Å²) in [7, 11) is 0. The van der Waals surface area contributed by atoms with E-state index in [1.54, 1.807) is 12.1 Å². The Hall–Kier alpha value is -2.11. The van der Waals surface area contributed by atoms with Gasteiger partial charge in [0.05, 0.1) is 6.04 Å². The summed E-state index contributed by atoms with van der Waals surface area (Å²) in [5, 5.41) is 5.45. The molecule has 0 aromatic heterocycles. The van der Waals surface area contributed by atoms with E-state index >= 15 is 0 Å². The van der Waals surface area contributed by atoms with E-state index in [1.165, 1.54) is 17.0 Å². The molecule has 0 spiro atoms. The summed E-state index contributed by atoms with van der Waals surface area (Å²) in [4.78, 5) is 25.0. The van der Waals surface area contributed by atoms with Crippen LogP contribution in [0.25, 0.3) is 0 Å². The Labute approximate surface area is 117 Å². The minimum absolute atomic E-state index is 0.114. The molecule has 0 unspecified atom stereocenters. The Morgan fingerprint density at radius 3 is 3.00 bits per heavy atom. The van der Waals surface area contributed by atoms with Gasteiger partial charge in [0.2, 0.25) is 5.91 Å². The van der Waals surface area contributed by atoms with Crippen LogP contribution in [0.5, 0.6) is 0 Å². The van der Waals surface area contributed by atoms with Gasteiger partial charge in [-0.15, -0.1) is 0 Å². The van der Waals surface area contributed by atoms with Gasteiger partial charge in [-0.2, -0.15) is 0 Å². The number of rotatable bonds is 4. The molecule has 0 radical (unpaired) electrons. The molecule has 1 fully saturated rings. The Kier molecular flexibility index (Phi) is 4.55. The van der Waals surface area contributed by atoms with Gasteiger partial charge in [0.25, 0.3) is 0 Å². The number of nitrogens with one attached hydrogen (secondary N) is 2. The Bertz CT molecular complexity index is 507. The lowest BCUT2D eigenvalue weighted by atomic mass is 10.2. The lowest BCUT2D eigenvalue weighted by molar-refractivity contribution is -0.117. The summed E-state index contributed by atoms with van der Waals surface area (Å²) in [6.45, 7) is 2.92. The number of hydrogen-bond acceptors (Lipinski definition) is 2. The highest BCUT2D eigenvalue weighted by Gasteiger charge is 2.31. The van der Waals surface area contributed by atoms with Gasteiger partial charge in [-0.1, -0.05) is 13.0 Å². The molecular weight excluding hydrogens is 261 g/mol. The fraction of sp³-hybridized carbons (Fsp3) is 0.429. The van der Waals surface area contributed by atoms with Crippen LogP contribution in [0.1, 0.15) is 19.8 Å². The van der Waals surface area contributed by atoms with Crippen LogP contribution < -0.4 is 15.5 Å². The minimum atomic E-state index is -0.382. The fourth-order valence-corrected chi connectivity index (χ4v) is 2.17. The number of carbonyl (C=O) groups excluding carboxylic acids is 2. The third kappa shape index (κ3) is 3.46. The smallest absolute Gasteiger partial charge is 0.315 e. The zero-order valence-electron chi connectivity index (χ0n) is 11.4. The van der Waals surface area contributed by atoms with E-state index < -0.39 is 0 Å². The molecule has 1 aliphatic rings. The third-order valence-electron chi connectivity index (χ3n) is 3.12. The van der Waals surface area contributed by atoms with Crippen molar-refractivity contribution in [2.24, 2.45) is 0 Å². The van der Waals surface area contributed by atoms with Crippen molar-refractivity contribution in [1.29, 1.82) is 0 Å². The molecule has 1 aliphatic heterocycles. The zero-order valence-corrected chi connectivity index (χ0v) is 11.4. The molecule has 0 bridgehead atoms. The van der Waals surface area contributed by atoms with E-state index in [4.69, 9.17) is 0 Å². The zero-order chi connectivity index (χ0) is 14.5. The van der Waals surface area contributed by atoms with Crippen LogP contribution in [-0.2, 0) is 4.79 Å². The summed E-state index contributed by atoms with van der Waals surface area (Å²) in [5.74, 6) is -0.496. The number of benzene rings is 1. The van der Waals surface area contributed by atoms with Gasteiger partial charge >= 0.3 is 6.03 Å². The highest BCUT2D eigenvalue weighted by Crippen LogP contribution is 2.22. The first-order chi connectivity index (χ1) is 9.60. The molecule has 5 nitrogen and oxygen atoms in total. The molecule has 2 N–H and O–H groups in total. The molecule has 1 saturated heterocycles. The highest BCUT2D eigenvalue weighted by atomic mass is 19.1. The maximum absolute atomic E-state index is 13.2. The van der Waals surface area contributed by atoms with Crippen LogP contribution >= 0.6 is 0 Å². The molecule has 108 valence electrons. The second-order valence-corrected chi connectivity index (χ2v) is 4.79. The van der Waals surface area contributed by atoms with E-state index in [9.17, 15) is 14.0 Å². The largest absolute Gasteiger partial charge is 0.338 e. The maximum atomic E-state index is 13.2. The van der Waals surface area contributed by atoms with Crippen LogP contribution in [-0.4, -0.2) is 31.1 Å². The number of carbonyl (C=O) groups is 2. The molecule has 0 aliphatic carbocycles. The van der Waals surface area contributed by atoms with E-state index in [2.05, 4.69) is 10.6 Å². The van der Waals surface area contributed by atoms with Crippen molar-refractivity contribution in [3.63, 3.8) is 0 Å². The van der Waals surface area contributed by atoms with Crippen LogP contribution in [0.2, 0.25) is 0 Å². The number of amides is 3. The van der Waals surface area contributed by atoms with E-state index in [1.807, 2.05) is 6.92 Å². The summed E-state index contributed by atoms with van der Waals surface area (Å²) >= 11 is 0. The monoisotopic (exact) mass is 279 g/mol. The average Bonchev–Trinajstić information content (AvgIpc) is 2.77. The molecule has 0 saturated carbocycles. The summed E-state index contributed by atoms with van der Waals surface area (Å²) in [6, 6.07) is 5.37. The van der Waals surface area contributed by atoms with Crippen LogP contribution in [0, 0.1) is 5.82 Å². The van der Waals surface area contributed by atoms with Gasteiger partial charge < -0.3 is 15.5 Å². The van der Waals surface area contributed by atoms with Crippen LogP contribution in [0.3, 0.4) is 0 Å². The number of urea groups is 1. The van der Waals surface area contributed by atoms with Crippen molar-refractivity contribution in [2.45, 2.75) is 25.8 Å². The molecule has 1 heterocycles. The van der Waals surface area contributed by atoms with Crippen LogP contribution in [0.4, 0.5) is 14.9 Å². The summed E-state index contributed by atoms with van der Waals surface area (Å²) in [6.07, 6.45) is 1.09. The standard InChI is InChI=1S/C14H18FN3O2/c1-2-6-16-14(20)17-11-8-13(19)18(9-11)12-5-3-4-10(15)7-12/h3-5,7,11H,2,6,8-9H2,1H3,(H2,16,17,20)/t11-/m0/s1. The first-order valence-electron chi connectivity index (χ1n) is 6.70. The molecule has 1 atom stereocenters. The highest BCUT2D eigenvalue weighted by molar-refractivity contribution is 5.96. The molecule has 6 heteroatoms. The van der Waals surface area contributed by atoms with Gasteiger partial charge in [0, 0.05) is 25.2 Å². The van der Waals surface area contributed by atoms with E-state index in [0.29, 0.717) is 18.8 Å². The molecule has 3 amide bonds. The van der Waals surface area contributed by atoms with Crippen molar-refractivity contribution in [2.75, 3.05) is 18.0 Å². The first-order valence-corrected chi connectivity index (χ1v) is 6.70. The maximum Gasteiger partial charge on any atom is 0.315 e.